The quantitative estimate of drug-likeness (QED) is 0.789. The van der Waals surface area contributed by atoms with Gasteiger partial charge in [-0.05, 0) is 25.6 Å². The third-order valence-corrected chi connectivity index (χ3v) is 2.67. The van der Waals surface area contributed by atoms with Crippen molar-refractivity contribution < 1.29 is 0 Å². The fourth-order valence-electron chi connectivity index (χ4n) is 1.77. The van der Waals surface area contributed by atoms with Crippen molar-refractivity contribution in [2.24, 2.45) is 12.8 Å². The van der Waals surface area contributed by atoms with Crippen LogP contribution in [0, 0.1) is 6.92 Å². The van der Waals surface area contributed by atoms with Gasteiger partial charge in [0.2, 0.25) is 0 Å². The topological polar surface area (TPSA) is 59.6 Å². The molecule has 0 fully saturated rings. The van der Waals surface area contributed by atoms with Crippen LogP contribution in [-0.2, 0) is 13.5 Å². The molecule has 2 rings (SSSR count). The predicted molar refractivity (Wildman–Crippen MR) is 60.5 cm³/mol. The molecule has 80 valence electrons. The van der Waals surface area contributed by atoms with Crippen LogP contribution in [0.2, 0.25) is 0 Å². The Bertz CT molecular complexity index is 439. The van der Waals surface area contributed by atoms with E-state index in [9.17, 15) is 0 Å². The number of imidazole rings is 1. The largest absolute Gasteiger partial charge is 0.360 e. The lowest BCUT2D eigenvalue weighted by Gasteiger charge is -2.03. The molecule has 4 nitrogen and oxygen atoms in total. The van der Waals surface area contributed by atoms with Gasteiger partial charge in [0.15, 0.2) is 0 Å². The third kappa shape index (κ3) is 1.68. The lowest BCUT2D eigenvalue weighted by Crippen LogP contribution is -2.08. The molecule has 0 aliphatic heterocycles. The summed E-state index contributed by atoms with van der Waals surface area (Å²) in [5.74, 6) is 1.02. The van der Waals surface area contributed by atoms with Crippen molar-refractivity contribution in [3.63, 3.8) is 0 Å². The van der Waals surface area contributed by atoms with Crippen LogP contribution in [0.3, 0.4) is 0 Å². The van der Waals surface area contributed by atoms with Crippen LogP contribution in [0.1, 0.15) is 11.5 Å². The van der Waals surface area contributed by atoms with Crippen molar-refractivity contribution in [2.75, 3.05) is 6.54 Å². The Balaban J connectivity index is 2.51. The van der Waals surface area contributed by atoms with Gasteiger partial charge < -0.3 is 15.3 Å². The molecule has 2 heterocycles. The van der Waals surface area contributed by atoms with E-state index in [-0.39, 0.29) is 0 Å². The summed E-state index contributed by atoms with van der Waals surface area (Å²) in [5, 5.41) is 0. The van der Waals surface area contributed by atoms with Crippen molar-refractivity contribution in [3.8, 4) is 11.4 Å². The number of nitrogens with two attached hydrogens (primary N) is 1. The van der Waals surface area contributed by atoms with Crippen LogP contribution in [0.4, 0.5) is 0 Å². The number of hydrogen-bond donors (Lipinski definition) is 2. The number of aromatic amines is 1. The van der Waals surface area contributed by atoms with Gasteiger partial charge in [0.05, 0.1) is 5.69 Å². The monoisotopic (exact) mass is 204 g/mol. The molecule has 0 spiro atoms. The maximum Gasteiger partial charge on any atom is 0.108 e. The standard InChI is InChI=1S/C11H16N4/c1-8-14-11(9-4-3-7-13-9)10(5-6-12)15(8)2/h3-4,7,13H,5-6,12H2,1-2H3. The lowest BCUT2D eigenvalue weighted by molar-refractivity contribution is 0.777. The molecule has 0 aliphatic carbocycles. The number of H-pyrrole nitrogens is 1. The molecule has 0 saturated carbocycles. The van der Waals surface area contributed by atoms with Gasteiger partial charge in [-0.25, -0.2) is 4.98 Å². The van der Waals surface area contributed by atoms with Crippen molar-refractivity contribution in [2.45, 2.75) is 13.3 Å². The van der Waals surface area contributed by atoms with E-state index in [1.54, 1.807) is 0 Å². The summed E-state index contributed by atoms with van der Waals surface area (Å²) in [6.45, 7) is 2.65. The van der Waals surface area contributed by atoms with Crippen LogP contribution < -0.4 is 5.73 Å². The Kier molecular flexibility index (Phi) is 2.60. The zero-order valence-corrected chi connectivity index (χ0v) is 9.12. The van der Waals surface area contributed by atoms with Crippen molar-refractivity contribution in [3.05, 3.63) is 29.8 Å². The maximum atomic E-state index is 5.61. The molecule has 0 saturated heterocycles. The van der Waals surface area contributed by atoms with Gasteiger partial charge in [0.25, 0.3) is 0 Å². The van der Waals surface area contributed by atoms with Crippen LogP contribution in [0.15, 0.2) is 18.3 Å². The SMILES string of the molecule is Cc1nc(-c2ccc[nH]2)c(CCN)n1C. The number of hydrogen-bond acceptors (Lipinski definition) is 2. The highest BCUT2D eigenvalue weighted by Gasteiger charge is 2.13. The number of rotatable bonds is 3. The minimum absolute atomic E-state index is 0.646. The van der Waals surface area contributed by atoms with Crippen molar-refractivity contribution in [1.29, 1.82) is 0 Å². The van der Waals surface area contributed by atoms with E-state index < -0.39 is 0 Å². The Morgan fingerprint density at radius 3 is 2.93 bits per heavy atom. The maximum absolute atomic E-state index is 5.61. The molecule has 0 aromatic carbocycles. The highest BCUT2D eigenvalue weighted by atomic mass is 15.1. The second-order valence-electron chi connectivity index (χ2n) is 3.64. The number of nitrogens with zero attached hydrogens (tertiary/aromatic N) is 2. The average molecular weight is 204 g/mol. The van der Waals surface area contributed by atoms with Gasteiger partial charge in [-0.1, -0.05) is 0 Å². The summed E-state index contributed by atoms with van der Waals surface area (Å²) in [6, 6.07) is 4.01. The van der Waals surface area contributed by atoms with Gasteiger partial charge in [-0.2, -0.15) is 0 Å². The summed E-state index contributed by atoms with van der Waals surface area (Å²) in [4.78, 5) is 7.72. The number of nitrogens with one attached hydrogen (secondary N) is 1. The first-order valence-corrected chi connectivity index (χ1v) is 5.10. The Morgan fingerprint density at radius 2 is 2.33 bits per heavy atom. The Morgan fingerprint density at radius 1 is 1.53 bits per heavy atom. The summed E-state index contributed by atoms with van der Waals surface area (Å²) in [5.41, 5.74) is 8.88. The smallest absolute Gasteiger partial charge is 0.108 e. The minimum atomic E-state index is 0.646. The molecule has 3 N–H and O–H groups in total. The van der Waals surface area contributed by atoms with Crippen LogP contribution in [0.5, 0.6) is 0 Å². The van der Waals surface area contributed by atoms with Gasteiger partial charge >= 0.3 is 0 Å². The molecule has 2 aromatic rings. The zero-order chi connectivity index (χ0) is 10.8. The van der Waals surface area contributed by atoms with Crippen LogP contribution in [0.25, 0.3) is 11.4 Å². The second-order valence-corrected chi connectivity index (χ2v) is 3.64. The Hall–Kier alpha value is -1.55. The molecule has 2 aromatic heterocycles. The van der Waals surface area contributed by atoms with E-state index in [2.05, 4.69) is 14.5 Å². The third-order valence-electron chi connectivity index (χ3n) is 2.67. The first-order chi connectivity index (χ1) is 7.24. The van der Waals surface area contributed by atoms with Crippen molar-refractivity contribution >= 4 is 0 Å². The van der Waals surface area contributed by atoms with E-state index >= 15 is 0 Å². The molecule has 15 heavy (non-hydrogen) atoms. The normalized spacial score (nSPS) is 10.9. The first-order valence-electron chi connectivity index (χ1n) is 5.10. The number of aryl methyl sites for hydroxylation is 1. The molecule has 0 amide bonds. The summed E-state index contributed by atoms with van der Waals surface area (Å²) >= 11 is 0. The van der Waals surface area contributed by atoms with E-state index in [0.717, 1.165) is 23.6 Å². The fraction of sp³-hybridized carbons (Fsp3) is 0.364. The highest BCUT2D eigenvalue weighted by molar-refractivity contribution is 5.58. The summed E-state index contributed by atoms with van der Waals surface area (Å²) in [6.07, 6.45) is 2.76. The van der Waals surface area contributed by atoms with Crippen molar-refractivity contribution in [1.82, 2.24) is 14.5 Å². The second kappa shape index (κ2) is 3.90. The number of aromatic nitrogens is 3. The van der Waals surface area contributed by atoms with Gasteiger partial charge in [-0.3, -0.25) is 0 Å². The predicted octanol–water partition coefficient (Wildman–Crippen LogP) is 1.22. The van der Waals surface area contributed by atoms with Crippen LogP contribution in [-0.4, -0.2) is 21.1 Å². The van der Waals surface area contributed by atoms with Crippen LogP contribution >= 0.6 is 0 Å². The zero-order valence-electron chi connectivity index (χ0n) is 9.12. The minimum Gasteiger partial charge on any atom is -0.360 e. The average Bonchev–Trinajstić information content (AvgIpc) is 2.81. The summed E-state index contributed by atoms with van der Waals surface area (Å²) < 4.78 is 2.10. The van der Waals surface area contributed by atoms with Gasteiger partial charge in [0, 0.05) is 25.4 Å². The molecule has 0 radical (unpaired) electrons. The van der Waals surface area contributed by atoms with E-state index in [4.69, 9.17) is 5.73 Å². The first kappa shape index (κ1) is 9.98. The molecule has 4 heteroatoms. The van der Waals surface area contributed by atoms with E-state index in [1.807, 2.05) is 32.3 Å². The molecular formula is C11H16N4. The van der Waals surface area contributed by atoms with Gasteiger partial charge in [0.1, 0.15) is 11.5 Å². The molecule has 0 bridgehead atoms. The molecule has 0 aliphatic rings. The van der Waals surface area contributed by atoms with E-state index in [1.165, 1.54) is 5.69 Å². The summed E-state index contributed by atoms with van der Waals surface area (Å²) in [7, 11) is 2.03. The van der Waals surface area contributed by atoms with E-state index in [0.29, 0.717) is 6.54 Å². The molecule has 0 unspecified atom stereocenters. The molecule has 0 atom stereocenters. The highest BCUT2D eigenvalue weighted by Crippen LogP contribution is 2.21. The van der Waals surface area contributed by atoms with Gasteiger partial charge in [-0.15, -0.1) is 0 Å². The molecular weight excluding hydrogens is 188 g/mol. The Labute approximate surface area is 89.1 Å². The lowest BCUT2D eigenvalue weighted by atomic mass is 10.2. The fourth-order valence-corrected chi connectivity index (χ4v) is 1.77.